The Morgan fingerprint density at radius 3 is 2.86 bits per heavy atom. The zero-order valence-corrected chi connectivity index (χ0v) is 12.6. The van der Waals surface area contributed by atoms with Gasteiger partial charge in [-0.1, -0.05) is 6.92 Å². The minimum Gasteiger partial charge on any atom is -0.454 e. The third-order valence-electron chi connectivity index (χ3n) is 3.66. The Morgan fingerprint density at radius 1 is 1.41 bits per heavy atom. The lowest BCUT2D eigenvalue weighted by molar-refractivity contribution is -0.124. The molecule has 2 aliphatic heterocycles. The Bertz CT molecular complexity index is 617. The number of nitrogens with zero attached hydrogens (tertiary/aromatic N) is 1. The van der Waals surface area contributed by atoms with E-state index in [9.17, 15) is 9.59 Å². The molecule has 1 aromatic rings. The predicted molar refractivity (Wildman–Crippen MR) is 81.3 cm³/mol. The normalized spacial score (nSPS) is 18.7. The molecule has 2 aliphatic rings. The maximum absolute atomic E-state index is 12.4. The van der Waals surface area contributed by atoms with Gasteiger partial charge in [-0.3, -0.25) is 14.5 Å². The first-order valence-corrected chi connectivity index (χ1v) is 7.38. The van der Waals surface area contributed by atoms with Gasteiger partial charge in [0.2, 0.25) is 18.6 Å². The van der Waals surface area contributed by atoms with E-state index >= 15 is 0 Å². The highest BCUT2D eigenvalue weighted by molar-refractivity contribution is 6.08. The van der Waals surface area contributed by atoms with Gasteiger partial charge in [0.15, 0.2) is 11.5 Å². The number of fused-ring (bicyclic) bond motifs is 2. The minimum absolute atomic E-state index is 0.00248. The second-order valence-electron chi connectivity index (χ2n) is 5.36. The number of amides is 2. The second-order valence-corrected chi connectivity index (χ2v) is 5.36. The van der Waals surface area contributed by atoms with Crippen molar-refractivity contribution in [2.45, 2.75) is 26.3 Å². The number of rotatable bonds is 4. The van der Waals surface area contributed by atoms with Crippen LogP contribution < -0.4 is 25.0 Å². The molecule has 0 bridgehead atoms. The second kappa shape index (κ2) is 5.75. The number of nitrogens with one attached hydrogen (secondary N) is 2. The molecule has 2 amide bonds. The van der Waals surface area contributed by atoms with E-state index in [0.29, 0.717) is 23.7 Å². The summed E-state index contributed by atoms with van der Waals surface area (Å²) in [6.07, 6.45) is 0.854. The SMILES string of the molecule is CCCNC(=O)CN1C(=O)C(C)Nc2cc3c(cc21)OCO3. The Hall–Kier alpha value is -2.44. The van der Waals surface area contributed by atoms with Crippen LogP contribution in [0.3, 0.4) is 0 Å². The van der Waals surface area contributed by atoms with Gasteiger partial charge in [0.1, 0.15) is 12.6 Å². The molecule has 0 aliphatic carbocycles. The average Bonchev–Trinajstić information content (AvgIpc) is 2.95. The topological polar surface area (TPSA) is 79.9 Å². The summed E-state index contributed by atoms with van der Waals surface area (Å²) in [5.74, 6) is 0.913. The quantitative estimate of drug-likeness (QED) is 0.870. The van der Waals surface area contributed by atoms with E-state index in [-0.39, 0.29) is 25.2 Å². The van der Waals surface area contributed by atoms with Crippen LogP contribution in [0, 0.1) is 0 Å². The molecule has 22 heavy (non-hydrogen) atoms. The van der Waals surface area contributed by atoms with Crippen molar-refractivity contribution in [1.29, 1.82) is 0 Å². The van der Waals surface area contributed by atoms with E-state index in [1.54, 1.807) is 19.1 Å². The van der Waals surface area contributed by atoms with Crippen LogP contribution in [0.5, 0.6) is 11.5 Å². The highest BCUT2D eigenvalue weighted by Crippen LogP contribution is 2.43. The number of carbonyl (C=O) groups is 2. The number of benzene rings is 1. The smallest absolute Gasteiger partial charge is 0.249 e. The third-order valence-corrected chi connectivity index (χ3v) is 3.66. The fourth-order valence-corrected chi connectivity index (χ4v) is 2.54. The Balaban J connectivity index is 1.89. The van der Waals surface area contributed by atoms with E-state index in [0.717, 1.165) is 12.1 Å². The first-order valence-electron chi connectivity index (χ1n) is 7.38. The van der Waals surface area contributed by atoms with Crippen molar-refractivity contribution < 1.29 is 19.1 Å². The van der Waals surface area contributed by atoms with Crippen LogP contribution in [0.25, 0.3) is 0 Å². The largest absolute Gasteiger partial charge is 0.454 e. The Kier molecular flexibility index (Phi) is 3.79. The molecule has 118 valence electrons. The lowest BCUT2D eigenvalue weighted by Gasteiger charge is -2.33. The van der Waals surface area contributed by atoms with E-state index in [1.165, 1.54) is 4.90 Å². The molecule has 7 heteroatoms. The van der Waals surface area contributed by atoms with Gasteiger partial charge in [-0.25, -0.2) is 0 Å². The Labute approximate surface area is 128 Å². The third kappa shape index (κ3) is 2.54. The lowest BCUT2D eigenvalue weighted by atomic mass is 10.1. The van der Waals surface area contributed by atoms with E-state index in [4.69, 9.17) is 9.47 Å². The van der Waals surface area contributed by atoms with Crippen LogP contribution in [0.1, 0.15) is 20.3 Å². The highest BCUT2D eigenvalue weighted by atomic mass is 16.7. The molecule has 3 rings (SSSR count). The van der Waals surface area contributed by atoms with E-state index < -0.39 is 6.04 Å². The molecule has 1 unspecified atom stereocenters. The average molecular weight is 305 g/mol. The summed E-state index contributed by atoms with van der Waals surface area (Å²) in [4.78, 5) is 25.9. The summed E-state index contributed by atoms with van der Waals surface area (Å²) in [5.41, 5.74) is 1.40. The number of carbonyl (C=O) groups excluding carboxylic acids is 2. The van der Waals surface area contributed by atoms with Crippen LogP contribution in [0.15, 0.2) is 12.1 Å². The fraction of sp³-hybridized carbons (Fsp3) is 0.467. The molecular weight excluding hydrogens is 286 g/mol. The van der Waals surface area contributed by atoms with Gasteiger partial charge in [0.05, 0.1) is 11.4 Å². The van der Waals surface area contributed by atoms with Gasteiger partial charge >= 0.3 is 0 Å². The van der Waals surface area contributed by atoms with Gasteiger partial charge < -0.3 is 20.1 Å². The molecule has 1 atom stereocenters. The maximum atomic E-state index is 12.4. The minimum atomic E-state index is -0.396. The van der Waals surface area contributed by atoms with Crippen molar-refractivity contribution in [2.75, 3.05) is 30.1 Å². The van der Waals surface area contributed by atoms with Gasteiger partial charge in [0, 0.05) is 18.7 Å². The maximum Gasteiger partial charge on any atom is 0.249 e. The van der Waals surface area contributed by atoms with Crippen LogP contribution in [-0.2, 0) is 9.59 Å². The van der Waals surface area contributed by atoms with Crippen LogP contribution in [0.2, 0.25) is 0 Å². The molecular formula is C15H19N3O4. The van der Waals surface area contributed by atoms with E-state index in [1.807, 2.05) is 6.92 Å². The zero-order valence-electron chi connectivity index (χ0n) is 12.6. The van der Waals surface area contributed by atoms with Crippen LogP contribution in [-0.4, -0.2) is 37.7 Å². The van der Waals surface area contributed by atoms with Gasteiger partial charge in [-0.2, -0.15) is 0 Å². The summed E-state index contributed by atoms with van der Waals surface area (Å²) in [7, 11) is 0. The first-order chi connectivity index (χ1) is 10.6. The van der Waals surface area contributed by atoms with Gasteiger partial charge in [-0.05, 0) is 13.3 Å². The fourth-order valence-electron chi connectivity index (χ4n) is 2.54. The molecule has 0 spiro atoms. The van der Waals surface area contributed by atoms with Crippen molar-refractivity contribution in [2.24, 2.45) is 0 Å². The summed E-state index contributed by atoms with van der Waals surface area (Å²) >= 11 is 0. The summed E-state index contributed by atoms with van der Waals surface area (Å²) in [5, 5.41) is 5.92. The summed E-state index contributed by atoms with van der Waals surface area (Å²) in [6.45, 7) is 4.51. The van der Waals surface area contributed by atoms with Crippen LogP contribution in [0.4, 0.5) is 11.4 Å². The van der Waals surface area contributed by atoms with E-state index in [2.05, 4.69) is 10.6 Å². The number of ether oxygens (including phenoxy) is 2. The molecule has 0 fully saturated rings. The van der Waals surface area contributed by atoms with Crippen molar-refractivity contribution in [1.82, 2.24) is 5.32 Å². The predicted octanol–water partition coefficient (Wildman–Crippen LogP) is 1.09. The molecule has 7 nitrogen and oxygen atoms in total. The monoisotopic (exact) mass is 305 g/mol. The zero-order chi connectivity index (χ0) is 15.7. The molecule has 2 heterocycles. The van der Waals surface area contributed by atoms with Crippen molar-refractivity contribution >= 4 is 23.2 Å². The standard InChI is InChI=1S/C15H19N3O4/c1-3-4-16-14(19)7-18-11-6-13-12(21-8-22-13)5-10(11)17-9(2)15(18)20/h5-6,9,17H,3-4,7-8H2,1-2H3,(H,16,19). The summed E-state index contributed by atoms with van der Waals surface area (Å²) in [6, 6.07) is 3.14. The molecule has 0 aromatic heterocycles. The molecule has 0 saturated carbocycles. The Morgan fingerprint density at radius 2 is 2.14 bits per heavy atom. The lowest BCUT2D eigenvalue weighted by Crippen LogP contribution is -2.49. The first kappa shape index (κ1) is 14.5. The summed E-state index contributed by atoms with van der Waals surface area (Å²) < 4.78 is 10.7. The molecule has 0 saturated heterocycles. The van der Waals surface area contributed by atoms with Crippen molar-refractivity contribution in [3.8, 4) is 11.5 Å². The molecule has 2 N–H and O–H groups in total. The van der Waals surface area contributed by atoms with Crippen LogP contribution >= 0.6 is 0 Å². The highest BCUT2D eigenvalue weighted by Gasteiger charge is 2.33. The number of hydrogen-bond donors (Lipinski definition) is 2. The van der Waals surface area contributed by atoms with Gasteiger partial charge in [0.25, 0.3) is 0 Å². The number of anilines is 2. The van der Waals surface area contributed by atoms with Crippen molar-refractivity contribution in [3.05, 3.63) is 12.1 Å². The van der Waals surface area contributed by atoms with Crippen molar-refractivity contribution in [3.63, 3.8) is 0 Å². The van der Waals surface area contributed by atoms with Gasteiger partial charge in [-0.15, -0.1) is 0 Å². The molecule has 1 aromatic carbocycles. The number of hydrogen-bond acceptors (Lipinski definition) is 5. The molecule has 0 radical (unpaired) electrons.